The molecule has 0 N–H and O–H groups in total. The summed E-state index contributed by atoms with van der Waals surface area (Å²) in [5, 5.41) is 11.1. The number of hydrogen-bond acceptors (Lipinski definition) is 5. The smallest absolute Gasteiger partial charge is 0.292 e. The highest BCUT2D eigenvalue weighted by atomic mass is 16.6. The van der Waals surface area contributed by atoms with Crippen molar-refractivity contribution in [3.05, 3.63) is 27.8 Å². The van der Waals surface area contributed by atoms with Gasteiger partial charge < -0.3 is 4.90 Å². The Morgan fingerprint density at radius 2 is 2.06 bits per heavy atom. The minimum atomic E-state index is -0.394. The summed E-state index contributed by atoms with van der Waals surface area (Å²) >= 11 is 0. The predicted octanol–water partition coefficient (Wildman–Crippen LogP) is 2.47. The summed E-state index contributed by atoms with van der Waals surface area (Å²) in [4.78, 5) is 26.6. The molecular formula is C12H13N3O3. The molecule has 6 heteroatoms. The standard InChI is InChI=1S/C12H13N3O3/c1-9-6-12(15(17)18)11(7-10(9)13-8-16)14-4-2-3-5-14/h6-7H,2-5H2,1H3. The van der Waals surface area contributed by atoms with E-state index in [9.17, 15) is 14.9 Å². The quantitative estimate of drug-likeness (QED) is 0.356. The molecular weight excluding hydrogens is 234 g/mol. The van der Waals surface area contributed by atoms with E-state index in [4.69, 9.17) is 0 Å². The third-order valence-electron chi connectivity index (χ3n) is 3.10. The number of benzene rings is 1. The van der Waals surface area contributed by atoms with Gasteiger partial charge in [0, 0.05) is 19.2 Å². The Morgan fingerprint density at radius 1 is 1.39 bits per heavy atom. The van der Waals surface area contributed by atoms with Crippen LogP contribution in [0.15, 0.2) is 17.1 Å². The van der Waals surface area contributed by atoms with Gasteiger partial charge in [-0.1, -0.05) is 0 Å². The van der Waals surface area contributed by atoms with Crippen LogP contribution < -0.4 is 4.90 Å². The van der Waals surface area contributed by atoms with Crippen LogP contribution in [0, 0.1) is 17.0 Å². The van der Waals surface area contributed by atoms with Crippen LogP contribution in [0.2, 0.25) is 0 Å². The first-order valence-corrected chi connectivity index (χ1v) is 5.75. The lowest BCUT2D eigenvalue weighted by Gasteiger charge is -2.18. The number of isocyanates is 1. The number of nitro groups is 1. The lowest BCUT2D eigenvalue weighted by molar-refractivity contribution is -0.384. The molecule has 0 aromatic heterocycles. The number of nitrogens with zero attached hydrogens (tertiary/aromatic N) is 3. The molecule has 94 valence electrons. The fraction of sp³-hybridized carbons (Fsp3) is 0.417. The number of anilines is 1. The highest BCUT2D eigenvalue weighted by molar-refractivity contribution is 5.72. The van der Waals surface area contributed by atoms with Gasteiger partial charge in [0.15, 0.2) is 0 Å². The number of aryl methyl sites for hydroxylation is 1. The van der Waals surface area contributed by atoms with Crippen LogP contribution in [0.25, 0.3) is 0 Å². The molecule has 6 nitrogen and oxygen atoms in total. The van der Waals surface area contributed by atoms with Crippen molar-refractivity contribution in [3.63, 3.8) is 0 Å². The molecule has 0 atom stereocenters. The highest BCUT2D eigenvalue weighted by Gasteiger charge is 2.23. The molecule has 0 radical (unpaired) electrons. The molecule has 0 bridgehead atoms. The van der Waals surface area contributed by atoms with E-state index in [1.807, 2.05) is 4.90 Å². The fourth-order valence-electron chi connectivity index (χ4n) is 2.20. The zero-order valence-electron chi connectivity index (χ0n) is 10.0. The third-order valence-corrected chi connectivity index (χ3v) is 3.10. The molecule has 1 aromatic rings. The first-order valence-electron chi connectivity index (χ1n) is 5.75. The SMILES string of the molecule is Cc1cc([N+](=O)[O-])c(N2CCCC2)cc1N=C=O. The maximum Gasteiger partial charge on any atom is 0.292 e. The van der Waals surface area contributed by atoms with Crippen LogP contribution in [0.4, 0.5) is 17.1 Å². The predicted molar refractivity (Wildman–Crippen MR) is 67.1 cm³/mol. The van der Waals surface area contributed by atoms with E-state index in [-0.39, 0.29) is 5.69 Å². The Kier molecular flexibility index (Phi) is 3.39. The second-order valence-corrected chi connectivity index (χ2v) is 4.28. The monoisotopic (exact) mass is 247 g/mol. The fourth-order valence-corrected chi connectivity index (χ4v) is 2.20. The molecule has 1 aromatic carbocycles. The lowest BCUT2D eigenvalue weighted by Crippen LogP contribution is -2.18. The Morgan fingerprint density at radius 3 is 2.61 bits per heavy atom. The third kappa shape index (κ3) is 2.24. The Hall–Kier alpha value is -2.20. The van der Waals surface area contributed by atoms with Crippen LogP contribution >= 0.6 is 0 Å². The molecule has 1 heterocycles. The van der Waals surface area contributed by atoms with Crippen molar-refractivity contribution in [2.45, 2.75) is 19.8 Å². The van der Waals surface area contributed by atoms with Crippen LogP contribution in [0.5, 0.6) is 0 Å². The second kappa shape index (κ2) is 4.98. The van der Waals surface area contributed by atoms with E-state index in [0.717, 1.165) is 25.9 Å². The van der Waals surface area contributed by atoms with Crippen LogP contribution in [0.1, 0.15) is 18.4 Å². The van der Waals surface area contributed by atoms with Crippen molar-refractivity contribution in [2.75, 3.05) is 18.0 Å². The molecule has 0 spiro atoms. The lowest BCUT2D eigenvalue weighted by atomic mass is 10.1. The summed E-state index contributed by atoms with van der Waals surface area (Å²) in [7, 11) is 0. The Bertz CT molecular complexity index is 530. The minimum absolute atomic E-state index is 0.0687. The van der Waals surface area contributed by atoms with Crippen molar-refractivity contribution in [1.82, 2.24) is 0 Å². The second-order valence-electron chi connectivity index (χ2n) is 4.28. The van der Waals surface area contributed by atoms with Crippen molar-refractivity contribution in [1.29, 1.82) is 0 Å². The summed E-state index contributed by atoms with van der Waals surface area (Å²) in [6.07, 6.45) is 3.53. The largest absolute Gasteiger partial charge is 0.366 e. The summed E-state index contributed by atoms with van der Waals surface area (Å²) in [5.74, 6) is 0. The molecule has 1 aliphatic rings. The average molecular weight is 247 g/mol. The molecule has 0 saturated carbocycles. The zero-order valence-corrected chi connectivity index (χ0v) is 10.0. The van der Waals surface area contributed by atoms with Gasteiger partial charge in [0.05, 0.1) is 10.6 Å². The van der Waals surface area contributed by atoms with Crippen molar-refractivity contribution < 1.29 is 9.72 Å². The Balaban J connectivity index is 2.55. The molecule has 0 unspecified atom stereocenters. The van der Waals surface area contributed by atoms with E-state index in [1.165, 1.54) is 12.1 Å². The van der Waals surface area contributed by atoms with Gasteiger partial charge in [0.25, 0.3) is 5.69 Å². The number of carbonyl (C=O) groups excluding carboxylic acids is 1. The van der Waals surface area contributed by atoms with E-state index >= 15 is 0 Å². The molecule has 0 amide bonds. The van der Waals surface area contributed by atoms with Gasteiger partial charge >= 0.3 is 0 Å². The van der Waals surface area contributed by atoms with Crippen LogP contribution in [-0.2, 0) is 4.79 Å². The van der Waals surface area contributed by atoms with Gasteiger partial charge in [0.2, 0.25) is 6.08 Å². The van der Waals surface area contributed by atoms with Gasteiger partial charge in [-0.05, 0) is 31.4 Å². The van der Waals surface area contributed by atoms with E-state index in [0.29, 0.717) is 16.9 Å². The Labute approximate surface area is 104 Å². The van der Waals surface area contributed by atoms with Gasteiger partial charge in [-0.15, -0.1) is 0 Å². The van der Waals surface area contributed by atoms with E-state index in [1.54, 1.807) is 13.0 Å². The maximum atomic E-state index is 11.1. The molecule has 18 heavy (non-hydrogen) atoms. The normalized spacial score (nSPS) is 14.4. The van der Waals surface area contributed by atoms with Gasteiger partial charge in [0.1, 0.15) is 5.69 Å². The number of hydrogen-bond donors (Lipinski definition) is 0. The number of nitro benzene ring substituents is 1. The zero-order chi connectivity index (χ0) is 13.1. The molecule has 1 fully saturated rings. The van der Waals surface area contributed by atoms with Crippen LogP contribution in [0.3, 0.4) is 0 Å². The van der Waals surface area contributed by atoms with Crippen molar-refractivity contribution in [3.8, 4) is 0 Å². The van der Waals surface area contributed by atoms with Crippen LogP contribution in [-0.4, -0.2) is 24.1 Å². The average Bonchev–Trinajstić information content (AvgIpc) is 2.84. The van der Waals surface area contributed by atoms with Gasteiger partial charge in [-0.3, -0.25) is 10.1 Å². The summed E-state index contributed by atoms with van der Waals surface area (Å²) in [6, 6.07) is 3.06. The molecule has 1 aliphatic heterocycles. The summed E-state index contributed by atoms with van der Waals surface area (Å²) < 4.78 is 0. The topological polar surface area (TPSA) is 75.8 Å². The molecule has 2 rings (SSSR count). The number of rotatable bonds is 3. The first kappa shape index (κ1) is 12.3. The summed E-state index contributed by atoms with van der Waals surface area (Å²) in [5.41, 5.74) is 1.65. The van der Waals surface area contributed by atoms with Crippen molar-refractivity contribution in [2.24, 2.45) is 4.99 Å². The molecule has 0 aliphatic carbocycles. The van der Waals surface area contributed by atoms with Gasteiger partial charge in [-0.25, -0.2) is 4.79 Å². The molecule has 1 saturated heterocycles. The first-order chi connectivity index (χ1) is 8.63. The van der Waals surface area contributed by atoms with Gasteiger partial charge in [-0.2, -0.15) is 4.99 Å². The number of aliphatic imine (C=N–C) groups is 1. The van der Waals surface area contributed by atoms with Crippen molar-refractivity contribution >= 4 is 23.1 Å². The van der Waals surface area contributed by atoms with E-state index < -0.39 is 4.92 Å². The maximum absolute atomic E-state index is 11.1. The minimum Gasteiger partial charge on any atom is -0.366 e. The summed E-state index contributed by atoms with van der Waals surface area (Å²) in [6.45, 7) is 3.29. The van der Waals surface area contributed by atoms with E-state index in [2.05, 4.69) is 4.99 Å². The highest BCUT2D eigenvalue weighted by Crippen LogP contribution is 2.36.